The Bertz CT molecular complexity index is 1590. The molecule has 5 rings (SSSR count). The number of carbonyl (C=O) groups is 1. The number of sulfonamides is 1. The smallest absolute Gasteiger partial charge is 0.264 e. The first-order valence-corrected chi connectivity index (χ1v) is 14.4. The lowest BCUT2D eigenvalue weighted by atomic mass is 9.86. The van der Waals surface area contributed by atoms with E-state index in [1.54, 1.807) is 36.4 Å². The van der Waals surface area contributed by atoms with Crippen LogP contribution in [0.3, 0.4) is 0 Å². The summed E-state index contributed by atoms with van der Waals surface area (Å²) in [5.74, 6) is 0.677. The number of nitrogens with zero attached hydrogens (tertiary/aromatic N) is 1. The van der Waals surface area contributed by atoms with Gasteiger partial charge in [0.2, 0.25) is 0 Å². The van der Waals surface area contributed by atoms with Gasteiger partial charge in [-0.1, -0.05) is 81.4 Å². The van der Waals surface area contributed by atoms with Crippen LogP contribution in [0.2, 0.25) is 0 Å². The lowest BCUT2D eigenvalue weighted by molar-refractivity contribution is -0.127. The number of hydrogen-bond acceptors (Lipinski definition) is 5. The largest absolute Gasteiger partial charge is 0.491 e. The van der Waals surface area contributed by atoms with Crippen LogP contribution in [0.25, 0.3) is 10.8 Å². The van der Waals surface area contributed by atoms with Gasteiger partial charge in [-0.3, -0.25) is 9.10 Å². The minimum atomic E-state index is -3.94. The van der Waals surface area contributed by atoms with Crippen molar-refractivity contribution in [3.05, 3.63) is 96.6 Å². The summed E-state index contributed by atoms with van der Waals surface area (Å²) in [6, 6.07) is 27.5. The third-order valence-electron chi connectivity index (χ3n) is 6.73. The molecule has 1 aliphatic heterocycles. The van der Waals surface area contributed by atoms with Crippen molar-refractivity contribution in [3.63, 3.8) is 0 Å². The van der Waals surface area contributed by atoms with Gasteiger partial charge in [-0.15, -0.1) is 0 Å². The molecule has 7 nitrogen and oxygen atoms in total. The van der Waals surface area contributed by atoms with Crippen molar-refractivity contribution in [3.8, 4) is 11.5 Å². The van der Waals surface area contributed by atoms with E-state index < -0.39 is 22.0 Å². The molecule has 0 unspecified atom stereocenters. The summed E-state index contributed by atoms with van der Waals surface area (Å²) in [6.45, 7) is 6.53. The van der Waals surface area contributed by atoms with Crippen LogP contribution in [0.15, 0.2) is 95.9 Å². The molecule has 8 heteroatoms. The zero-order valence-corrected chi connectivity index (χ0v) is 23.1. The van der Waals surface area contributed by atoms with E-state index in [4.69, 9.17) is 9.47 Å². The first-order valence-electron chi connectivity index (χ1n) is 12.9. The van der Waals surface area contributed by atoms with Crippen LogP contribution in [0, 0.1) is 0 Å². The summed E-state index contributed by atoms with van der Waals surface area (Å²) in [7, 11) is -3.94. The normalized spacial score (nSPS) is 15.4. The van der Waals surface area contributed by atoms with Gasteiger partial charge in [-0.25, -0.2) is 8.42 Å². The quantitative estimate of drug-likeness (QED) is 0.320. The number of fused-ring (bicyclic) bond motifs is 2. The van der Waals surface area contributed by atoms with Crippen LogP contribution < -0.4 is 19.1 Å². The molecule has 0 spiro atoms. The molecule has 1 heterocycles. The monoisotopic (exact) mass is 544 g/mol. The first-order chi connectivity index (χ1) is 18.6. The third kappa shape index (κ3) is 5.56. The highest BCUT2D eigenvalue weighted by atomic mass is 32.2. The average Bonchev–Trinajstić information content (AvgIpc) is 2.94. The SMILES string of the molecule is CC(C)(C)c1ccc2c(c1)N(S(=O)(=O)c1ccccc1)C[C@@H](C(=O)NCCOc1cccc3ccccc13)O2. The number of hydrogen-bond donors (Lipinski definition) is 1. The van der Waals surface area contributed by atoms with Gasteiger partial charge in [-0.05, 0) is 46.7 Å². The van der Waals surface area contributed by atoms with E-state index >= 15 is 0 Å². The minimum Gasteiger partial charge on any atom is -0.491 e. The molecule has 4 aromatic carbocycles. The van der Waals surface area contributed by atoms with Crippen LogP contribution >= 0.6 is 0 Å². The maximum atomic E-state index is 13.7. The topological polar surface area (TPSA) is 84.9 Å². The van der Waals surface area contributed by atoms with E-state index in [1.165, 1.54) is 4.31 Å². The fraction of sp³-hybridized carbons (Fsp3) is 0.258. The van der Waals surface area contributed by atoms with Gasteiger partial charge in [0.05, 0.1) is 23.7 Å². The van der Waals surface area contributed by atoms with Crippen molar-refractivity contribution in [2.24, 2.45) is 0 Å². The Morgan fingerprint density at radius 3 is 2.46 bits per heavy atom. The van der Waals surface area contributed by atoms with E-state index in [0.29, 0.717) is 11.4 Å². The summed E-state index contributed by atoms with van der Waals surface area (Å²) in [5, 5.41) is 4.91. The summed E-state index contributed by atoms with van der Waals surface area (Å²) in [4.78, 5) is 13.3. The van der Waals surface area contributed by atoms with Crippen molar-refractivity contribution in [1.29, 1.82) is 0 Å². The van der Waals surface area contributed by atoms with Crippen LogP contribution in [0.5, 0.6) is 11.5 Å². The number of rotatable bonds is 7. The maximum Gasteiger partial charge on any atom is 0.264 e. The van der Waals surface area contributed by atoms with Gasteiger partial charge in [0.1, 0.15) is 18.1 Å². The fourth-order valence-electron chi connectivity index (χ4n) is 4.57. The number of benzene rings is 4. The van der Waals surface area contributed by atoms with E-state index in [2.05, 4.69) is 26.1 Å². The summed E-state index contributed by atoms with van der Waals surface area (Å²) < 4.78 is 40.7. The molecule has 0 aliphatic carbocycles. The Hall–Kier alpha value is -4.04. The summed E-state index contributed by atoms with van der Waals surface area (Å²) in [6.07, 6.45) is -1.02. The number of carbonyl (C=O) groups excluding carboxylic acids is 1. The van der Waals surface area contributed by atoms with Crippen molar-refractivity contribution in [2.75, 3.05) is 24.0 Å². The number of amides is 1. The average molecular weight is 545 g/mol. The maximum absolute atomic E-state index is 13.7. The zero-order valence-electron chi connectivity index (χ0n) is 22.3. The predicted molar refractivity (Wildman–Crippen MR) is 153 cm³/mol. The molecule has 1 atom stereocenters. The molecule has 39 heavy (non-hydrogen) atoms. The van der Waals surface area contributed by atoms with E-state index in [1.807, 2.05) is 54.6 Å². The Balaban J connectivity index is 1.33. The Morgan fingerprint density at radius 1 is 0.974 bits per heavy atom. The van der Waals surface area contributed by atoms with Crippen LogP contribution in [-0.4, -0.2) is 40.1 Å². The van der Waals surface area contributed by atoms with E-state index in [-0.39, 0.29) is 30.0 Å². The number of anilines is 1. The Kier molecular flexibility index (Phi) is 7.23. The molecule has 0 saturated heterocycles. The molecule has 0 saturated carbocycles. The molecular formula is C31H32N2O5S. The van der Waals surface area contributed by atoms with Crippen LogP contribution in [0.4, 0.5) is 5.69 Å². The molecule has 0 fully saturated rings. The van der Waals surface area contributed by atoms with Gasteiger partial charge >= 0.3 is 0 Å². The van der Waals surface area contributed by atoms with Crippen molar-refractivity contribution in [2.45, 2.75) is 37.2 Å². The molecule has 0 radical (unpaired) electrons. The van der Waals surface area contributed by atoms with Crippen LogP contribution in [0.1, 0.15) is 26.3 Å². The molecule has 1 N–H and O–H groups in total. The Morgan fingerprint density at radius 2 is 1.69 bits per heavy atom. The zero-order chi connectivity index (χ0) is 27.6. The van der Waals surface area contributed by atoms with Crippen molar-refractivity contribution >= 4 is 32.4 Å². The molecule has 1 aliphatic rings. The molecular weight excluding hydrogens is 512 g/mol. The molecule has 1 amide bonds. The summed E-state index contributed by atoms with van der Waals surface area (Å²) >= 11 is 0. The van der Waals surface area contributed by atoms with Crippen molar-refractivity contribution < 1.29 is 22.7 Å². The molecule has 0 bridgehead atoms. The lowest BCUT2D eigenvalue weighted by Gasteiger charge is -2.36. The third-order valence-corrected chi connectivity index (χ3v) is 8.52. The molecule has 202 valence electrons. The standard InChI is InChI=1S/C31H32N2O5S/c1-31(2,3)23-16-17-28-26(20-23)33(39(35,36)24-12-5-4-6-13-24)21-29(38-28)30(34)32-18-19-37-27-15-9-11-22-10-7-8-14-25(22)27/h4-17,20,29H,18-19,21H2,1-3H3,(H,32,34)/t29-/m0/s1. The van der Waals surface area contributed by atoms with Gasteiger partial charge in [-0.2, -0.15) is 0 Å². The fourth-order valence-corrected chi connectivity index (χ4v) is 6.06. The number of ether oxygens (including phenoxy) is 2. The molecule has 4 aromatic rings. The van der Waals surface area contributed by atoms with E-state index in [0.717, 1.165) is 22.1 Å². The Labute approximate surface area is 229 Å². The highest BCUT2D eigenvalue weighted by Crippen LogP contribution is 2.40. The van der Waals surface area contributed by atoms with Gasteiger partial charge in [0, 0.05) is 5.39 Å². The number of nitrogens with one attached hydrogen (secondary N) is 1. The highest BCUT2D eigenvalue weighted by Gasteiger charge is 2.38. The van der Waals surface area contributed by atoms with E-state index in [9.17, 15) is 13.2 Å². The lowest BCUT2D eigenvalue weighted by Crippen LogP contribution is -2.51. The van der Waals surface area contributed by atoms with Crippen LogP contribution in [-0.2, 0) is 20.2 Å². The van der Waals surface area contributed by atoms with Crippen molar-refractivity contribution in [1.82, 2.24) is 5.32 Å². The first kappa shape index (κ1) is 26.6. The van der Waals surface area contributed by atoms with Gasteiger partial charge in [0.25, 0.3) is 15.9 Å². The second-order valence-electron chi connectivity index (χ2n) is 10.5. The minimum absolute atomic E-state index is 0.145. The second-order valence-corrected chi connectivity index (χ2v) is 12.4. The van der Waals surface area contributed by atoms with Gasteiger partial charge in [0.15, 0.2) is 6.10 Å². The predicted octanol–water partition coefficient (Wildman–Crippen LogP) is 5.29. The second kappa shape index (κ2) is 10.6. The summed E-state index contributed by atoms with van der Waals surface area (Å²) in [5.41, 5.74) is 1.19. The highest BCUT2D eigenvalue weighted by molar-refractivity contribution is 7.92. The van der Waals surface area contributed by atoms with Gasteiger partial charge < -0.3 is 14.8 Å². The molecule has 0 aromatic heterocycles.